The number of hydrogen-bond donors (Lipinski definition) is 1. The van der Waals surface area contributed by atoms with Crippen molar-refractivity contribution in [2.24, 2.45) is 11.1 Å². The Morgan fingerprint density at radius 2 is 2.17 bits per heavy atom. The molecule has 100 valence electrons. The summed E-state index contributed by atoms with van der Waals surface area (Å²) in [5, 5.41) is 0. The highest BCUT2D eigenvalue weighted by Gasteiger charge is 2.39. The van der Waals surface area contributed by atoms with Crippen LogP contribution < -0.4 is 5.73 Å². The molecule has 1 fully saturated rings. The Hall–Kier alpha value is -1.29. The van der Waals surface area contributed by atoms with E-state index in [0.29, 0.717) is 19.1 Å². The summed E-state index contributed by atoms with van der Waals surface area (Å²) >= 11 is 0. The molecule has 1 amide bonds. The molecule has 18 heavy (non-hydrogen) atoms. The van der Waals surface area contributed by atoms with Crippen LogP contribution in [0.25, 0.3) is 0 Å². The quantitative estimate of drug-likeness (QED) is 0.870. The Kier molecular flexibility index (Phi) is 3.48. The molecule has 2 N–H and O–H groups in total. The molecule has 1 saturated carbocycles. The van der Waals surface area contributed by atoms with Gasteiger partial charge in [-0.3, -0.25) is 4.79 Å². The Balaban J connectivity index is 2.11. The molecule has 0 aromatic carbocycles. The van der Waals surface area contributed by atoms with Crippen LogP contribution >= 0.6 is 0 Å². The average Bonchev–Trinajstić information content (AvgIpc) is 3.09. The van der Waals surface area contributed by atoms with Crippen LogP contribution in [0.3, 0.4) is 0 Å². The van der Waals surface area contributed by atoms with Crippen LogP contribution in [0.1, 0.15) is 38.2 Å². The third kappa shape index (κ3) is 2.75. The zero-order chi connectivity index (χ0) is 13.3. The number of nitrogens with zero attached hydrogens (tertiary/aromatic N) is 1. The van der Waals surface area contributed by atoms with Gasteiger partial charge in [0.2, 0.25) is 5.91 Å². The van der Waals surface area contributed by atoms with Crippen molar-refractivity contribution < 1.29 is 9.21 Å². The van der Waals surface area contributed by atoms with Crippen LogP contribution in [0.5, 0.6) is 0 Å². The van der Waals surface area contributed by atoms with Gasteiger partial charge >= 0.3 is 0 Å². The summed E-state index contributed by atoms with van der Waals surface area (Å²) < 4.78 is 5.56. The van der Waals surface area contributed by atoms with Crippen LogP contribution in [-0.2, 0) is 11.3 Å². The van der Waals surface area contributed by atoms with Gasteiger partial charge in [-0.1, -0.05) is 0 Å². The van der Waals surface area contributed by atoms with Crippen LogP contribution in [0.4, 0.5) is 0 Å². The summed E-state index contributed by atoms with van der Waals surface area (Å²) in [5.74, 6) is 1.86. The van der Waals surface area contributed by atoms with Crippen molar-refractivity contribution in [3.63, 3.8) is 0 Å². The minimum atomic E-state index is -0.496. The molecular weight excluding hydrogens is 228 g/mol. The first-order valence-electron chi connectivity index (χ1n) is 6.50. The fraction of sp³-hybridized carbons (Fsp3) is 0.643. The van der Waals surface area contributed by atoms with Gasteiger partial charge in [-0.25, -0.2) is 0 Å². The fourth-order valence-electron chi connectivity index (χ4n) is 1.97. The third-order valence-electron chi connectivity index (χ3n) is 3.46. The standard InChI is InChI=1S/C14H22N2O2/c1-10-4-7-12(18-10)8-16(11-5-6-11)13(17)14(2,3)9-15/h4,7,11H,5-6,8-9,15H2,1-3H3. The monoisotopic (exact) mass is 250 g/mol. The van der Waals surface area contributed by atoms with Gasteiger partial charge in [0, 0.05) is 12.6 Å². The Morgan fingerprint density at radius 3 is 2.61 bits per heavy atom. The van der Waals surface area contributed by atoms with E-state index in [-0.39, 0.29) is 5.91 Å². The van der Waals surface area contributed by atoms with Crippen molar-refractivity contribution in [1.29, 1.82) is 0 Å². The lowest BCUT2D eigenvalue weighted by Gasteiger charge is -2.30. The van der Waals surface area contributed by atoms with Crippen molar-refractivity contribution in [2.45, 2.75) is 46.2 Å². The number of rotatable bonds is 5. The van der Waals surface area contributed by atoms with Crippen molar-refractivity contribution in [1.82, 2.24) is 4.90 Å². The van der Waals surface area contributed by atoms with Gasteiger partial charge in [-0.15, -0.1) is 0 Å². The molecule has 0 aliphatic heterocycles. The maximum Gasteiger partial charge on any atom is 0.230 e. The first-order chi connectivity index (χ1) is 8.44. The minimum absolute atomic E-state index is 0.126. The normalized spacial score (nSPS) is 15.8. The number of carbonyl (C=O) groups excluding carboxylic acids is 1. The zero-order valence-electron chi connectivity index (χ0n) is 11.4. The number of amides is 1. The smallest absolute Gasteiger partial charge is 0.230 e. The summed E-state index contributed by atoms with van der Waals surface area (Å²) in [5.41, 5.74) is 5.20. The Labute approximate surface area is 108 Å². The van der Waals surface area contributed by atoms with Crippen molar-refractivity contribution in [2.75, 3.05) is 6.54 Å². The summed E-state index contributed by atoms with van der Waals surface area (Å²) in [4.78, 5) is 14.4. The number of aryl methyl sites for hydroxylation is 1. The molecule has 0 saturated heterocycles. The van der Waals surface area contributed by atoms with E-state index in [0.717, 1.165) is 24.4 Å². The van der Waals surface area contributed by atoms with E-state index < -0.39 is 5.41 Å². The second-order valence-electron chi connectivity index (χ2n) is 5.76. The highest BCUT2D eigenvalue weighted by Crippen LogP contribution is 2.32. The van der Waals surface area contributed by atoms with Gasteiger partial charge in [0.05, 0.1) is 12.0 Å². The molecule has 1 aromatic heterocycles. The molecular formula is C14H22N2O2. The van der Waals surface area contributed by atoms with Gasteiger partial charge in [-0.05, 0) is 45.7 Å². The predicted molar refractivity (Wildman–Crippen MR) is 69.9 cm³/mol. The van der Waals surface area contributed by atoms with E-state index in [1.165, 1.54) is 0 Å². The first kappa shape index (κ1) is 13.1. The number of hydrogen-bond acceptors (Lipinski definition) is 3. The van der Waals surface area contributed by atoms with E-state index >= 15 is 0 Å². The molecule has 0 bridgehead atoms. The Bertz CT molecular complexity index is 433. The lowest BCUT2D eigenvalue weighted by Crippen LogP contribution is -2.45. The van der Waals surface area contributed by atoms with E-state index in [1.54, 1.807) is 0 Å². The van der Waals surface area contributed by atoms with E-state index in [9.17, 15) is 4.79 Å². The molecule has 2 rings (SSSR count). The lowest BCUT2D eigenvalue weighted by atomic mass is 9.91. The van der Waals surface area contributed by atoms with E-state index in [4.69, 9.17) is 10.2 Å². The maximum absolute atomic E-state index is 12.5. The van der Waals surface area contributed by atoms with E-state index in [2.05, 4.69) is 0 Å². The maximum atomic E-state index is 12.5. The largest absolute Gasteiger partial charge is 0.464 e. The van der Waals surface area contributed by atoms with Crippen LogP contribution in [0.15, 0.2) is 16.5 Å². The van der Waals surface area contributed by atoms with Crippen LogP contribution in [0.2, 0.25) is 0 Å². The van der Waals surface area contributed by atoms with E-state index in [1.807, 2.05) is 37.8 Å². The number of furan rings is 1. The van der Waals surface area contributed by atoms with Crippen molar-refractivity contribution in [3.05, 3.63) is 23.7 Å². The van der Waals surface area contributed by atoms with Gasteiger partial charge in [0.15, 0.2) is 0 Å². The summed E-state index contributed by atoms with van der Waals surface area (Å²) in [7, 11) is 0. The van der Waals surface area contributed by atoms with Crippen LogP contribution in [0, 0.1) is 12.3 Å². The lowest BCUT2D eigenvalue weighted by molar-refractivity contribution is -0.141. The molecule has 0 atom stereocenters. The third-order valence-corrected chi connectivity index (χ3v) is 3.46. The fourth-order valence-corrected chi connectivity index (χ4v) is 1.97. The topological polar surface area (TPSA) is 59.5 Å². The van der Waals surface area contributed by atoms with Crippen LogP contribution in [-0.4, -0.2) is 23.4 Å². The molecule has 0 spiro atoms. The summed E-state index contributed by atoms with van der Waals surface area (Å²) in [6.45, 7) is 6.64. The summed E-state index contributed by atoms with van der Waals surface area (Å²) in [6.07, 6.45) is 2.18. The van der Waals surface area contributed by atoms with Gasteiger partial charge in [0.25, 0.3) is 0 Å². The molecule has 1 heterocycles. The SMILES string of the molecule is Cc1ccc(CN(C(=O)C(C)(C)CN)C2CC2)o1. The molecule has 1 aliphatic carbocycles. The predicted octanol–water partition coefficient (Wildman–Crippen LogP) is 2.06. The number of carbonyl (C=O) groups is 1. The summed E-state index contributed by atoms with van der Waals surface area (Å²) in [6, 6.07) is 4.24. The number of nitrogens with two attached hydrogens (primary N) is 1. The molecule has 1 aromatic rings. The molecule has 1 aliphatic rings. The van der Waals surface area contributed by atoms with Gasteiger partial charge in [-0.2, -0.15) is 0 Å². The molecule has 4 nitrogen and oxygen atoms in total. The second kappa shape index (κ2) is 4.76. The highest BCUT2D eigenvalue weighted by molar-refractivity contribution is 5.82. The van der Waals surface area contributed by atoms with Gasteiger partial charge in [0.1, 0.15) is 11.5 Å². The second-order valence-corrected chi connectivity index (χ2v) is 5.76. The zero-order valence-corrected chi connectivity index (χ0v) is 11.4. The molecule has 0 unspecified atom stereocenters. The average molecular weight is 250 g/mol. The molecule has 0 radical (unpaired) electrons. The minimum Gasteiger partial charge on any atom is -0.464 e. The molecule has 4 heteroatoms. The van der Waals surface area contributed by atoms with Crippen molar-refractivity contribution >= 4 is 5.91 Å². The Morgan fingerprint density at radius 1 is 1.50 bits per heavy atom. The van der Waals surface area contributed by atoms with Gasteiger partial charge < -0.3 is 15.1 Å². The highest BCUT2D eigenvalue weighted by atomic mass is 16.3. The van der Waals surface area contributed by atoms with Crippen molar-refractivity contribution in [3.8, 4) is 0 Å². The first-order valence-corrected chi connectivity index (χ1v) is 6.50.